The summed E-state index contributed by atoms with van der Waals surface area (Å²) in [5.74, 6) is 0.512. The van der Waals surface area contributed by atoms with Gasteiger partial charge < -0.3 is 24.5 Å². The highest BCUT2D eigenvalue weighted by molar-refractivity contribution is 5.99. The van der Waals surface area contributed by atoms with Crippen LogP contribution in [-0.2, 0) is 9.47 Å². The average molecular weight is 370 g/mol. The van der Waals surface area contributed by atoms with Gasteiger partial charge in [-0.3, -0.25) is 9.59 Å². The molecule has 1 aromatic carbocycles. The maximum absolute atomic E-state index is 12.9. The van der Waals surface area contributed by atoms with Gasteiger partial charge in [-0.2, -0.15) is 0 Å². The average Bonchev–Trinajstić information content (AvgIpc) is 3.09. The summed E-state index contributed by atoms with van der Waals surface area (Å²) in [7, 11) is 3.06. The summed E-state index contributed by atoms with van der Waals surface area (Å²) in [6.07, 6.45) is -0.590. The van der Waals surface area contributed by atoms with Crippen LogP contribution in [0.4, 0.5) is 0 Å². The molecule has 1 aromatic heterocycles. The van der Waals surface area contributed by atoms with Gasteiger partial charge in [0.05, 0.1) is 18.8 Å². The summed E-state index contributed by atoms with van der Waals surface area (Å²) in [4.78, 5) is 25.0. The lowest BCUT2D eigenvalue weighted by atomic mass is 10.0. The first-order valence-electron chi connectivity index (χ1n) is 8.96. The second-order valence-electron chi connectivity index (χ2n) is 6.86. The Bertz CT molecular complexity index is 837. The maximum Gasteiger partial charge on any atom is 0.286 e. The fourth-order valence-electron chi connectivity index (χ4n) is 3.72. The van der Waals surface area contributed by atoms with Crippen LogP contribution in [0.15, 0.2) is 40.8 Å². The second kappa shape index (κ2) is 7.17. The van der Waals surface area contributed by atoms with Crippen LogP contribution in [0.1, 0.15) is 38.3 Å². The van der Waals surface area contributed by atoms with Crippen molar-refractivity contribution in [2.45, 2.75) is 12.1 Å². The molecule has 1 saturated heterocycles. The Morgan fingerprint density at radius 1 is 1.15 bits per heavy atom. The molecule has 2 unspecified atom stereocenters. The molecule has 0 radical (unpaired) electrons. The third-order valence-corrected chi connectivity index (χ3v) is 5.28. The molecule has 4 rings (SSSR count). The third-order valence-electron chi connectivity index (χ3n) is 5.28. The van der Waals surface area contributed by atoms with Crippen LogP contribution < -0.4 is 10.6 Å². The lowest BCUT2D eigenvalue weighted by Gasteiger charge is -2.15. The summed E-state index contributed by atoms with van der Waals surface area (Å²) in [6, 6.07) is 11.0. The fourth-order valence-corrected chi connectivity index (χ4v) is 3.72. The number of methoxy groups -OCH3 is 1. The van der Waals surface area contributed by atoms with E-state index in [1.165, 1.54) is 13.1 Å². The lowest BCUT2D eigenvalue weighted by molar-refractivity contribution is 0.0877. The van der Waals surface area contributed by atoms with Crippen LogP contribution in [0.3, 0.4) is 0 Å². The first kappa shape index (κ1) is 17.8. The number of ether oxygens (including phenoxy) is 2. The van der Waals surface area contributed by atoms with E-state index in [1.807, 2.05) is 30.3 Å². The van der Waals surface area contributed by atoms with Crippen molar-refractivity contribution in [3.05, 3.63) is 59.0 Å². The van der Waals surface area contributed by atoms with Crippen LogP contribution in [0.25, 0.3) is 0 Å². The van der Waals surface area contributed by atoms with E-state index in [9.17, 15) is 9.59 Å². The van der Waals surface area contributed by atoms with Crippen molar-refractivity contribution in [2.75, 3.05) is 27.4 Å². The largest absolute Gasteiger partial charge is 0.452 e. The van der Waals surface area contributed by atoms with E-state index in [4.69, 9.17) is 13.9 Å². The molecule has 1 saturated carbocycles. The van der Waals surface area contributed by atoms with Gasteiger partial charge in [-0.05, 0) is 5.56 Å². The van der Waals surface area contributed by atoms with Crippen LogP contribution in [0, 0.1) is 11.8 Å². The first-order valence-corrected chi connectivity index (χ1v) is 8.96. The summed E-state index contributed by atoms with van der Waals surface area (Å²) in [5.41, 5.74) is 1.15. The SMILES string of the molecule is CNC(=O)c1cc(C(=O)NC2[C@H]3COC[C@@H]23)c(C(OC)c2ccccc2)o1. The highest BCUT2D eigenvalue weighted by Gasteiger charge is 2.55. The molecule has 7 heteroatoms. The summed E-state index contributed by atoms with van der Waals surface area (Å²) >= 11 is 0. The number of fused-ring (bicyclic) bond motifs is 1. The number of nitrogens with one attached hydrogen (secondary N) is 2. The molecule has 27 heavy (non-hydrogen) atoms. The van der Waals surface area contributed by atoms with Gasteiger partial charge in [0.15, 0.2) is 11.5 Å². The van der Waals surface area contributed by atoms with Crippen LogP contribution in [0.2, 0.25) is 0 Å². The zero-order chi connectivity index (χ0) is 19.0. The molecule has 1 aliphatic carbocycles. The quantitative estimate of drug-likeness (QED) is 0.809. The number of carbonyl (C=O) groups excluding carboxylic acids is 2. The number of carbonyl (C=O) groups is 2. The molecule has 2 amide bonds. The minimum Gasteiger partial charge on any atom is -0.452 e. The van der Waals surface area contributed by atoms with Crippen molar-refractivity contribution in [2.24, 2.45) is 11.8 Å². The molecule has 2 N–H and O–H groups in total. The number of rotatable bonds is 6. The van der Waals surface area contributed by atoms with Gasteiger partial charge in [0, 0.05) is 38.1 Å². The van der Waals surface area contributed by atoms with Gasteiger partial charge in [0.25, 0.3) is 11.8 Å². The first-order chi connectivity index (χ1) is 13.1. The van der Waals surface area contributed by atoms with Gasteiger partial charge in [-0.25, -0.2) is 0 Å². The van der Waals surface area contributed by atoms with Crippen LogP contribution in [-0.4, -0.2) is 45.2 Å². The van der Waals surface area contributed by atoms with Crippen LogP contribution in [0.5, 0.6) is 0 Å². The zero-order valence-corrected chi connectivity index (χ0v) is 15.2. The molecule has 0 bridgehead atoms. The number of hydrogen-bond acceptors (Lipinski definition) is 5. The Balaban J connectivity index is 1.65. The van der Waals surface area contributed by atoms with E-state index in [2.05, 4.69) is 10.6 Å². The maximum atomic E-state index is 12.9. The van der Waals surface area contributed by atoms with Crippen molar-refractivity contribution in [1.29, 1.82) is 0 Å². The van der Waals surface area contributed by atoms with Crippen molar-refractivity contribution < 1.29 is 23.5 Å². The minimum absolute atomic E-state index is 0.0787. The van der Waals surface area contributed by atoms with Crippen LogP contribution >= 0.6 is 0 Å². The number of hydrogen-bond donors (Lipinski definition) is 2. The number of amides is 2. The van der Waals surface area contributed by atoms with Crippen molar-refractivity contribution in [3.63, 3.8) is 0 Å². The Hall–Kier alpha value is -2.64. The molecule has 0 spiro atoms. The molecule has 1 aliphatic heterocycles. The van der Waals surface area contributed by atoms with Gasteiger partial charge in [0.2, 0.25) is 0 Å². The highest BCUT2D eigenvalue weighted by Crippen LogP contribution is 2.44. The second-order valence-corrected chi connectivity index (χ2v) is 6.86. The lowest BCUT2D eigenvalue weighted by Crippen LogP contribution is -2.30. The Labute approximate surface area is 157 Å². The smallest absolute Gasteiger partial charge is 0.286 e. The molecule has 2 heterocycles. The Kier molecular flexibility index (Phi) is 4.72. The van der Waals surface area contributed by atoms with E-state index >= 15 is 0 Å². The van der Waals surface area contributed by atoms with Gasteiger partial charge in [0.1, 0.15) is 6.10 Å². The number of benzene rings is 1. The summed E-state index contributed by atoms with van der Waals surface area (Å²) in [6.45, 7) is 1.37. The third kappa shape index (κ3) is 3.24. The summed E-state index contributed by atoms with van der Waals surface area (Å²) in [5, 5.41) is 5.57. The zero-order valence-electron chi connectivity index (χ0n) is 15.2. The molecule has 7 nitrogen and oxygen atoms in total. The molecule has 142 valence electrons. The predicted octanol–water partition coefficient (Wildman–Crippen LogP) is 1.75. The molecule has 2 aliphatic rings. The van der Waals surface area contributed by atoms with E-state index in [-0.39, 0.29) is 17.7 Å². The summed E-state index contributed by atoms with van der Waals surface area (Å²) < 4.78 is 16.7. The van der Waals surface area contributed by atoms with E-state index in [0.29, 0.717) is 36.4 Å². The topological polar surface area (TPSA) is 89.8 Å². The molecular weight excluding hydrogens is 348 g/mol. The van der Waals surface area contributed by atoms with Crippen molar-refractivity contribution >= 4 is 11.8 Å². The minimum atomic E-state index is -0.590. The predicted molar refractivity (Wildman–Crippen MR) is 96.4 cm³/mol. The molecule has 2 aromatic rings. The standard InChI is InChI=1S/C20H22N2O5/c1-21-20(24)15-8-12(19(23)22-16-13-9-26-10-14(13)16)18(27-15)17(25-2)11-6-4-3-5-7-11/h3-8,13-14,16-17H,9-10H2,1-2H3,(H,21,24)(H,22,23)/t13-,14+,16?,17?. The number of furan rings is 1. The van der Waals surface area contributed by atoms with E-state index < -0.39 is 12.0 Å². The van der Waals surface area contributed by atoms with Gasteiger partial charge in [-0.15, -0.1) is 0 Å². The Morgan fingerprint density at radius 2 is 1.85 bits per heavy atom. The molecule has 4 atom stereocenters. The molecule has 2 fully saturated rings. The van der Waals surface area contributed by atoms with Crippen molar-refractivity contribution in [3.8, 4) is 0 Å². The Morgan fingerprint density at radius 3 is 2.48 bits per heavy atom. The van der Waals surface area contributed by atoms with Gasteiger partial charge >= 0.3 is 0 Å². The van der Waals surface area contributed by atoms with E-state index in [0.717, 1.165) is 5.56 Å². The fraction of sp³-hybridized carbons (Fsp3) is 0.400. The normalized spacial score (nSPS) is 24.1. The highest BCUT2D eigenvalue weighted by atomic mass is 16.5. The van der Waals surface area contributed by atoms with Gasteiger partial charge in [-0.1, -0.05) is 30.3 Å². The van der Waals surface area contributed by atoms with Crippen molar-refractivity contribution in [1.82, 2.24) is 10.6 Å². The monoisotopic (exact) mass is 370 g/mol. The van der Waals surface area contributed by atoms with E-state index in [1.54, 1.807) is 7.11 Å². The molecular formula is C20H22N2O5.